The number of fused-ring (bicyclic) bond motifs is 2. The summed E-state index contributed by atoms with van der Waals surface area (Å²) in [4.78, 5) is 8.64. The first kappa shape index (κ1) is 16.8. The third kappa shape index (κ3) is 2.80. The van der Waals surface area contributed by atoms with Crippen LogP contribution >= 0.6 is 11.6 Å². The van der Waals surface area contributed by atoms with E-state index in [-0.39, 0.29) is 10.6 Å². The van der Waals surface area contributed by atoms with Gasteiger partial charge in [0.1, 0.15) is 30.5 Å². The van der Waals surface area contributed by atoms with E-state index in [4.69, 9.17) is 21.1 Å². The highest BCUT2D eigenvalue weighted by molar-refractivity contribution is 6.33. The van der Waals surface area contributed by atoms with Gasteiger partial charge in [0.25, 0.3) is 0 Å². The van der Waals surface area contributed by atoms with Gasteiger partial charge in [0.2, 0.25) is 0 Å². The Hall–Kier alpha value is -3.32. The monoisotopic (exact) mass is 396 g/mol. The molecule has 140 valence electrons. The van der Waals surface area contributed by atoms with Crippen LogP contribution in [0.5, 0.6) is 11.5 Å². The first-order valence-corrected chi connectivity index (χ1v) is 9.01. The lowest BCUT2D eigenvalue weighted by Gasteiger charge is -2.19. The summed E-state index contributed by atoms with van der Waals surface area (Å²) in [5.41, 5.74) is 1.94. The van der Waals surface area contributed by atoms with Crippen LogP contribution in [-0.2, 0) is 0 Å². The van der Waals surface area contributed by atoms with E-state index in [0.717, 1.165) is 5.69 Å². The van der Waals surface area contributed by atoms with Gasteiger partial charge in [0.15, 0.2) is 17.1 Å². The number of nitrogens with one attached hydrogen (secondary N) is 1. The molecule has 6 nitrogen and oxygen atoms in total. The van der Waals surface area contributed by atoms with Crippen molar-refractivity contribution in [3.8, 4) is 22.8 Å². The predicted molar refractivity (Wildman–Crippen MR) is 104 cm³/mol. The van der Waals surface area contributed by atoms with Gasteiger partial charge in [0.05, 0.1) is 16.8 Å². The van der Waals surface area contributed by atoms with Crippen molar-refractivity contribution < 1.29 is 13.9 Å². The molecule has 4 aromatic rings. The zero-order valence-corrected chi connectivity index (χ0v) is 15.3. The number of hydrogen-bond acceptors (Lipinski definition) is 5. The molecular formula is C20H14ClFN4O2. The second kappa shape index (κ2) is 6.69. The molecule has 2 aromatic heterocycles. The van der Waals surface area contributed by atoms with Crippen LogP contribution < -0.4 is 14.8 Å². The van der Waals surface area contributed by atoms with Crippen molar-refractivity contribution in [2.45, 2.75) is 0 Å². The van der Waals surface area contributed by atoms with Crippen molar-refractivity contribution in [2.75, 3.05) is 18.5 Å². The Morgan fingerprint density at radius 3 is 2.82 bits per heavy atom. The Balaban J connectivity index is 1.66. The molecule has 2 aromatic carbocycles. The fourth-order valence-corrected chi connectivity index (χ4v) is 3.43. The number of hydrogen-bond donors (Lipinski definition) is 1. The predicted octanol–water partition coefficient (Wildman–Crippen LogP) is 4.70. The topological polar surface area (TPSA) is 60.7 Å². The van der Waals surface area contributed by atoms with Gasteiger partial charge in [-0.25, -0.2) is 9.37 Å². The molecule has 0 saturated heterocycles. The van der Waals surface area contributed by atoms with Gasteiger partial charge in [-0.05, 0) is 24.3 Å². The van der Waals surface area contributed by atoms with Crippen LogP contribution in [0, 0.1) is 5.82 Å². The normalized spacial score (nSPS) is 12.9. The molecule has 0 radical (unpaired) electrons. The molecule has 5 rings (SSSR count). The lowest BCUT2D eigenvalue weighted by Crippen LogP contribution is -2.15. The smallest absolute Gasteiger partial charge is 0.163 e. The number of ether oxygens (including phenoxy) is 2. The van der Waals surface area contributed by atoms with E-state index in [2.05, 4.69) is 15.3 Å². The minimum absolute atomic E-state index is 0.230. The molecule has 0 bridgehead atoms. The molecule has 1 aliphatic rings. The van der Waals surface area contributed by atoms with Crippen LogP contribution in [-0.4, -0.2) is 27.6 Å². The quantitative estimate of drug-likeness (QED) is 0.543. The maximum absolute atomic E-state index is 14.6. The summed E-state index contributed by atoms with van der Waals surface area (Å²) in [5, 5.41) is 3.59. The molecule has 0 spiro atoms. The summed E-state index contributed by atoms with van der Waals surface area (Å²) >= 11 is 6.29. The van der Waals surface area contributed by atoms with Crippen LogP contribution in [0.25, 0.3) is 16.9 Å². The minimum Gasteiger partial charge on any atom is -0.486 e. The van der Waals surface area contributed by atoms with Gasteiger partial charge in [-0.15, -0.1) is 0 Å². The molecule has 0 fully saturated rings. The van der Waals surface area contributed by atoms with Crippen LogP contribution in [0.1, 0.15) is 0 Å². The minimum atomic E-state index is -0.450. The van der Waals surface area contributed by atoms with E-state index in [1.807, 2.05) is 18.2 Å². The number of aromatic nitrogens is 3. The highest BCUT2D eigenvalue weighted by Crippen LogP contribution is 2.38. The summed E-state index contributed by atoms with van der Waals surface area (Å²) in [7, 11) is 0. The Bertz CT molecular complexity index is 1170. The third-order valence-corrected chi connectivity index (χ3v) is 4.75. The average molecular weight is 397 g/mol. The lowest BCUT2D eigenvalue weighted by molar-refractivity contribution is 0.171. The zero-order chi connectivity index (χ0) is 19.1. The van der Waals surface area contributed by atoms with Crippen molar-refractivity contribution in [3.63, 3.8) is 0 Å². The first-order chi connectivity index (χ1) is 13.7. The SMILES string of the molecule is Fc1cccc(Cl)c1-c1nc2cnccn2c1Nc1ccc2c(c1)OCCO2. The van der Waals surface area contributed by atoms with Crippen molar-refractivity contribution in [2.24, 2.45) is 0 Å². The average Bonchev–Trinajstić information content (AvgIpc) is 3.06. The molecule has 0 saturated carbocycles. The van der Waals surface area contributed by atoms with Gasteiger partial charge in [-0.3, -0.25) is 9.38 Å². The fraction of sp³-hybridized carbons (Fsp3) is 0.100. The van der Waals surface area contributed by atoms with Gasteiger partial charge < -0.3 is 14.8 Å². The number of imidazole rings is 1. The lowest BCUT2D eigenvalue weighted by atomic mass is 10.1. The fourth-order valence-electron chi connectivity index (χ4n) is 3.18. The van der Waals surface area contributed by atoms with Gasteiger partial charge in [-0.2, -0.15) is 0 Å². The van der Waals surface area contributed by atoms with Crippen LogP contribution in [0.3, 0.4) is 0 Å². The first-order valence-electron chi connectivity index (χ1n) is 8.64. The Morgan fingerprint density at radius 1 is 1.11 bits per heavy atom. The maximum Gasteiger partial charge on any atom is 0.163 e. The third-order valence-electron chi connectivity index (χ3n) is 4.43. The Labute approximate surface area is 164 Å². The van der Waals surface area contributed by atoms with Crippen LogP contribution in [0.2, 0.25) is 5.02 Å². The zero-order valence-electron chi connectivity index (χ0n) is 14.5. The number of rotatable bonds is 3. The van der Waals surface area contributed by atoms with E-state index in [1.54, 1.807) is 35.1 Å². The highest BCUT2D eigenvalue weighted by Gasteiger charge is 2.21. The van der Waals surface area contributed by atoms with Crippen molar-refractivity contribution in [1.29, 1.82) is 0 Å². The molecule has 28 heavy (non-hydrogen) atoms. The second-order valence-corrected chi connectivity index (χ2v) is 6.60. The van der Waals surface area contributed by atoms with Crippen LogP contribution in [0.4, 0.5) is 15.9 Å². The molecular weight excluding hydrogens is 383 g/mol. The molecule has 0 atom stereocenters. The summed E-state index contributed by atoms with van der Waals surface area (Å²) in [6, 6.07) is 10.1. The Kier molecular flexibility index (Phi) is 4.02. The maximum atomic E-state index is 14.6. The summed E-state index contributed by atoms with van der Waals surface area (Å²) in [5.74, 6) is 1.46. The van der Waals surface area contributed by atoms with Gasteiger partial charge >= 0.3 is 0 Å². The second-order valence-electron chi connectivity index (χ2n) is 6.19. The van der Waals surface area contributed by atoms with E-state index in [0.29, 0.717) is 41.9 Å². The van der Waals surface area contributed by atoms with E-state index < -0.39 is 5.82 Å². The van der Waals surface area contributed by atoms with E-state index >= 15 is 0 Å². The molecule has 8 heteroatoms. The standard InChI is InChI=1S/C20H14ClFN4O2/c21-13-2-1-3-14(22)18(13)19-20(26-7-6-23-11-17(26)25-19)24-12-4-5-15-16(10-12)28-9-8-27-15/h1-7,10-11,24H,8-9H2. The summed E-state index contributed by atoms with van der Waals surface area (Å²) in [6.45, 7) is 1.02. The molecule has 0 unspecified atom stereocenters. The Morgan fingerprint density at radius 2 is 1.96 bits per heavy atom. The largest absolute Gasteiger partial charge is 0.486 e. The van der Waals surface area contributed by atoms with Gasteiger partial charge in [0, 0.05) is 24.1 Å². The van der Waals surface area contributed by atoms with Crippen LogP contribution in [0.15, 0.2) is 55.0 Å². The number of halogens is 2. The number of anilines is 2. The summed E-state index contributed by atoms with van der Waals surface area (Å²) in [6.07, 6.45) is 4.99. The number of nitrogens with zero attached hydrogens (tertiary/aromatic N) is 3. The highest BCUT2D eigenvalue weighted by atomic mass is 35.5. The molecule has 0 amide bonds. The van der Waals surface area contributed by atoms with Crippen molar-refractivity contribution >= 4 is 28.8 Å². The van der Waals surface area contributed by atoms with Crippen molar-refractivity contribution in [1.82, 2.24) is 14.4 Å². The van der Waals surface area contributed by atoms with Crippen molar-refractivity contribution in [3.05, 3.63) is 65.8 Å². The van der Waals surface area contributed by atoms with Gasteiger partial charge in [-0.1, -0.05) is 17.7 Å². The van der Waals surface area contributed by atoms with E-state index in [9.17, 15) is 4.39 Å². The summed E-state index contributed by atoms with van der Waals surface area (Å²) < 4.78 is 27.6. The molecule has 3 heterocycles. The van der Waals surface area contributed by atoms with E-state index in [1.165, 1.54) is 6.07 Å². The molecule has 0 aliphatic carbocycles. The molecule has 1 aliphatic heterocycles. The number of benzene rings is 2. The molecule has 1 N–H and O–H groups in total.